The Hall–Kier alpha value is -0.530. The van der Waals surface area contributed by atoms with Crippen LogP contribution < -0.4 is 0 Å². The van der Waals surface area contributed by atoms with E-state index in [0.29, 0.717) is 12.3 Å². The van der Waals surface area contributed by atoms with Crippen molar-refractivity contribution in [3.8, 4) is 0 Å². The molecule has 19 heavy (non-hydrogen) atoms. The Morgan fingerprint density at radius 3 is 2.95 bits per heavy atom. The molecule has 0 spiro atoms. The third kappa shape index (κ3) is 2.43. The van der Waals surface area contributed by atoms with Crippen LogP contribution in [0.15, 0.2) is 5.03 Å². The van der Waals surface area contributed by atoms with E-state index >= 15 is 0 Å². The van der Waals surface area contributed by atoms with Gasteiger partial charge in [-0.2, -0.15) is 8.75 Å². The minimum absolute atomic E-state index is 0.173. The first-order valence-electron chi connectivity index (χ1n) is 6.89. The van der Waals surface area contributed by atoms with Gasteiger partial charge in [-0.15, -0.1) is 0 Å². The fourth-order valence-electron chi connectivity index (χ4n) is 3.32. The van der Waals surface area contributed by atoms with Crippen LogP contribution in [0.5, 0.6) is 0 Å². The van der Waals surface area contributed by atoms with Gasteiger partial charge < -0.3 is 4.90 Å². The molecule has 0 aliphatic carbocycles. The van der Waals surface area contributed by atoms with Gasteiger partial charge >= 0.3 is 0 Å². The van der Waals surface area contributed by atoms with Crippen LogP contribution >= 0.6 is 11.7 Å². The van der Waals surface area contributed by atoms with Crippen LogP contribution in [0.3, 0.4) is 0 Å². The van der Waals surface area contributed by atoms with E-state index in [1.807, 2.05) is 6.92 Å². The van der Waals surface area contributed by atoms with Gasteiger partial charge in [0, 0.05) is 19.0 Å². The number of piperidine rings is 1. The maximum Gasteiger partial charge on any atom is 0.198 e. The molecule has 1 aromatic heterocycles. The van der Waals surface area contributed by atoms with Gasteiger partial charge in [0.2, 0.25) is 0 Å². The van der Waals surface area contributed by atoms with Gasteiger partial charge in [-0.1, -0.05) is 6.92 Å². The monoisotopic (exact) mass is 301 g/mol. The highest BCUT2D eigenvalue weighted by Gasteiger charge is 2.40. The molecule has 3 rings (SSSR count). The molecule has 0 radical (unpaired) electrons. The summed E-state index contributed by atoms with van der Waals surface area (Å²) in [5.41, 5.74) is 0.743. The Morgan fingerprint density at radius 1 is 1.37 bits per heavy atom. The van der Waals surface area contributed by atoms with Crippen LogP contribution in [0.2, 0.25) is 0 Å². The molecule has 2 bridgehead atoms. The number of hydrogen-bond donors (Lipinski definition) is 0. The number of nitrogens with zero attached hydrogens (tertiary/aromatic N) is 3. The predicted molar refractivity (Wildman–Crippen MR) is 74.2 cm³/mol. The van der Waals surface area contributed by atoms with Crippen LogP contribution in [0.1, 0.15) is 37.8 Å². The number of hydrogen-bond acceptors (Lipinski definition) is 6. The number of fused-ring (bicyclic) bond motifs is 2. The summed E-state index contributed by atoms with van der Waals surface area (Å²) in [7, 11) is -3.25. The van der Waals surface area contributed by atoms with Gasteiger partial charge in [0.15, 0.2) is 14.9 Å². The lowest BCUT2D eigenvalue weighted by Gasteiger charge is -2.21. The second-order valence-corrected chi connectivity index (χ2v) is 8.09. The zero-order valence-corrected chi connectivity index (χ0v) is 12.7. The largest absolute Gasteiger partial charge is 0.302 e. The third-order valence-corrected chi connectivity index (χ3v) is 6.66. The Balaban J connectivity index is 1.92. The van der Waals surface area contributed by atoms with Crippen molar-refractivity contribution in [2.75, 3.05) is 25.4 Å². The molecular formula is C12H19N3O2S2. The topological polar surface area (TPSA) is 63.2 Å². The lowest BCUT2D eigenvalue weighted by Crippen LogP contribution is -2.25. The van der Waals surface area contributed by atoms with E-state index in [4.69, 9.17) is 0 Å². The zero-order chi connectivity index (χ0) is 13.5. The molecule has 2 aliphatic heterocycles. The van der Waals surface area contributed by atoms with E-state index in [-0.39, 0.29) is 16.7 Å². The van der Waals surface area contributed by atoms with Gasteiger partial charge in [0.1, 0.15) is 0 Å². The molecule has 5 nitrogen and oxygen atoms in total. The highest BCUT2D eigenvalue weighted by Crippen LogP contribution is 2.40. The molecule has 3 atom stereocenters. The minimum Gasteiger partial charge on any atom is -0.302 e. The molecule has 7 heteroatoms. The maximum atomic E-state index is 12.3. The molecule has 2 aliphatic rings. The highest BCUT2D eigenvalue weighted by atomic mass is 32.2. The quantitative estimate of drug-likeness (QED) is 0.844. The fraction of sp³-hybridized carbons (Fsp3) is 0.833. The van der Waals surface area contributed by atoms with Gasteiger partial charge in [-0.3, -0.25) is 0 Å². The first-order chi connectivity index (χ1) is 9.12. The first kappa shape index (κ1) is 13.5. The smallest absolute Gasteiger partial charge is 0.198 e. The maximum absolute atomic E-state index is 12.3. The summed E-state index contributed by atoms with van der Waals surface area (Å²) >= 11 is 1.04. The van der Waals surface area contributed by atoms with E-state index in [9.17, 15) is 8.42 Å². The Labute approximate surface area is 118 Å². The van der Waals surface area contributed by atoms with Crippen molar-refractivity contribution in [2.24, 2.45) is 5.92 Å². The number of aromatic nitrogens is 2. The highest BCUT2D eigenvalue weighted by molar-refractivity contribution is 7.91. The van der Waals surface area contributed by atoms with E-state index in [1.165, 1.54) is 12.8 Å². The average molecular weight is 301 g/mol. The summed E-state index contributed by atoms with van der Waals surface area (Å²) in [6, 6.07) is 0. The summed E-state index contributed by atoms with van der Waals surface area (Å²) in [5.74, 6) is 1.00. The van der Waals surface area contributed by atoms with Crippen LogP contribution in [-0.4, -0.2) is 47.5 Å². The van der Waals surface area contributed by atoms with E-state index in [1.54, 1.807) is 0 Å². The molecule has 2 saturated heterocycles. The van der Waals surface area contributed by atoms with Crippen molar-refractivity contribution in [1.29, 1.82) is 0 Å². The van der Waals surface area contributed by atoms with Crippen LogP contribution in [0, 0.1) is 5.92 Å². The molecule has 106 valence electrons. The zero-order valence-electron chi connectivity index (χ0n) is 11.1. The van der Waals surface area contributed by atoms with E-state index in [2.05, 4.69) is 13.6 Å². The van der Waals surface area contributed by atoms with Gasteiger partial charge in [0.05, 0.1) is 23.2 Å². The fourth-order valence-corrected chi connectivity index (χ4v) is 5.69. The summed E-state index contributed by atoms with van der Waals surface area (Å²) < 4.78 is 32.9. The van der Waals surface area contributed by atoms with Crippen molar-refractivity contribution in [3.63, 3.8) is 0 Å². The van der Waals surface area contributed by atoms with Gasteiger partial charge in [-0.25, -0.2) is 8.42 Å². The van der Waals surface area contributed by atoms with Crippen molar-refractivity contribution in [2.45, 2.75) is 37.1 Å². The molecule has 0 aromatic carbocycles. The SMILES string of the molecule is CCCS(=O)(=O)c1nsnc1[C@@H]1CN2CCC[C@H]1C2. The second kappa shape index (κ2) is 5.10. The summed E-state index contributed by atoms with van der Waals surface area (Å²) in [5, 5.41) is 0.262. The molecule has 0 saturated carbocycles. The summed E-state index contributed by atoms with van der Waals surface area (Å²) in [6.45, 7) is 5.06. The standard InChI is InChI=1S/C12H19N3O2S2/c1-2-6-19(16,17)12-11(13-18-14-12)10-8-15-5-3-4-9(10)7-15/h9-10H,2-8H2,1H3/t9-,10+/m0/s1. The Morgan fingerprint density at radius 2 is 2.21 bits per heavy atom. The molecule has 0 N–H and O–H groups in total. The molecule has 2 fully saturated rings. The van der Waals surface area contributed by atoms with Crippen LogP contribution in [0.25, 0.3) is 0 Å². The molecular weight excluding hydrogens is 282 g/mol. The molecule has 3 heterocycles. The predicted octanol–water partition coefficient (Wildman–Crippen LogP) is 1.53. The normalized spacial score (nSPS) is 30.7. The number of rotatable bonds is 4. The van der Waals surface area contributed by atoms with Crippen molar-refractivity contribution >= 4 is 21.6 Å². The van der Waals surface area contributed by atoms with Gasteiger partial charge in [-0.05, 0) is 31.7 Å². The summed E-state index contributed by atoms with van der Waals surface area (Å²) in [6.07, 6.45) is 3.03. The lowest BCUT2D eigenvalue weighted by atomic mass is 9.89. The van der Waals surface area contributed by atoms with Crippen molar-refractivity contribution in [3.05, 3.63) is 5.69 Å². The summed E-state index contributed by atoms with van der Waals surface area (Å²) in [4.78, 5) is 2.42. The van der Waals surface area contributed by atoms with Crippen molar-refractivity contribution < 1.29 is 8.42 Å². The van der Waals surface area contributed by atoms with E-state index < -0.39 is 9.84 Å². The first-order valence-corrected chi connectivity index (χ1v) is 9.27. The van der Waals surface area contributed by atoms with Crippen LogP contribution in [0.4, 0.5) is 0 Å². The second-order valence-electron chi connectivity index (χ2n) is 5.54. The average Bonchev–Trinajstić information content (AvgIpc) is 2.94. The molecule has 1 aromatic rings. The number of sulfone groups is 1. The van der Waals surface area contributed by atoms with E-state index in [0.717, 1.165) is 37.1 Å². The lowest BCUT2D eigenvalue weighted by molar-refractivity contribution is 0.269. The third-order valence-electron chi connectivity index (χ3n) is 4.17. The van der Waals surface area contributed by atoms with Crippen LogP contribution in [-0.2, 0) is 9.84 Å². The van der Waals surface area contributed by atoms with Crippen molar-refractivity contribution in [1.82, 2.24) is 13.6 Å². The minimum atomic E-state index is -3.25. The Bertz CT molecular complexity index is 555. The Kier molecular flexibility index (Phi) is 3.61. The molecule has 0 amide bonds. The molecule has 1 unspecified atom stereocenters. The van der Waals surface area contributed by atoms with Gasteiger partial charge in [0.25, 0.3) is 0 Å².